The standard InChI is InChI=1S/C9H14N4O2/c1-11-8(6-9(10-11)13(14)15)7-12-4-2-3-5-12/h6H,2-5,7H2,1H3. The summed E-state index contributed by atoms with van der Waals surface area (Å²) in [7, 11) is 1.75. The molecule has 0 radical (unpaired) electrons. The van der Waals surface area contributed by atoms with E-state index < -0.39 is 4.92 Å². The molecule has 0 aliphatic carbocycles. The van der Waals surface area contributed by atoms with Crippen molar-refractivity contribution in [3.63, 3.8) is 0 Å². The lowest BCUT2D eigenvalue weighted by atomic mass is 10.4. The van der Waals surface area contributed by atoms with E-state index >= 15 is 0 Å². The average Bonchev–Trinajstić information content (AvgIpc) is 2.77. The number of nitrogens with zero attached hydrogens (tertiary/aromatic N) is 4. The van der Waals surface area contributed by atoms with Crippen molar-refractivity contribution in [1.82, 2.24) is 14.7 Å². The van der Waals surface area contributed by atoms with Crippen LogP contribution in [0.5, 0.6) is 0 Å². The van der Waals surface area contributed by atoms with E-state index in [4.69, 9.17) is 0 Å². The van der Waals surface area contributed by atoms with Crippen molar-refractivity contribution in [2.45, 2.75) is 19.4 Å². The predicted octanol–water partition coefficient (Wildman–Crippen LogP) is 0.924. The van der Waals surface area contributed by atoms with E-state index in [2.05, 4.69) is 10.00 Å². The second-order valence-corrected chi connectivity index (χ2v) is 3.86. The van der Waals surface area contributed by atoms with Gasteiger partial charge in [-0.2, -0.15) is 4.68 Å². The first-order valence-electron chi connectivity index (χ1n) is 5.06. The van der Waals surface area contributed by atoms with Crippen molar-refractivity contribution in [3.8, 4) is 0 Å². The third kappa shape index (κ3) is 2.15. The van der Waals surface area contributed by atoms with Crippen LogP contribution in [0, 0.1) is 10.1 Å². The van der Waals surface area contributed by atoms with Crippen molar-refractivity contribution in [2.75, 3.05) is 13.1 Å². The number of rotatable bonds is 3. The maximum atomic E-state index is 10.5. The molecule has 1 aromatic rings. The van der Waals surface area contributed by atoms with Gasteiger partial charge in [0.15, 0.2) is 0 Å². The third-order valence-electron chi connectivity index (χ3n) is 2.74. The quantitative estimate of drug-likeness (QED) is 0.549. The lowest BCUT2D eigenvalue weighted by molar-refractivity contribution is -0.389. The fraction of sp³-hybridized carbons (Fsp3) is 0.667. The molecule has 15 heavy (non-hydrogen) atoms. The molecule has 0 N–H and O–H groups in total. The Balaban J connectivity index is 2.10. The van der Waals surface area contributed by atoms with E-state index in [1.54, 1.807) is 17.8 Å². The summed E-state index contributed by atoms with van der Waals surface area (Å²) in [5.74, 6) is -0.0632. The lowest BCUT2D eigenvalue weighted by Gasteiger charge is -2.12. The van der Waals surface area contributed by atoms with Gasteiger partial charge in [0.1, 0.15) is 0 Å². The Bertz CT molecular complexity index is 368. The second-order valence-electron chi connectivity index (χ2n) is 3.86. The van der Waals surface area contributed by atoms with E-state index in [1.807, 2.05) is 0 Å². The molecule has 0 amide bonds. The molecule has 0 atom stereocenters. The van der Waals surface area contributed by atoms with Gasteiger partial charge in [-0.1, -0.05) is 0 Å². The molecular formula is C9H14N4O2. The van der Waals surface area contributed by atoms with Gasteiger partial charge in [0.25, 0.3) is 0 Å². The molecule has 1 saturated heterocycles. The van der Waals surface area contributed by atoms with Crippen molar-refractivity contribution in [3.05, 3.63) is 21.9 Å². The Morgan fingerprint density at radius 3 is 2.73 bits per heavy atom. The number of nitro groups is 1. The highest BCUT2D eigenvalue weighted by molar-refractivity contribution is 5.21. The molecule has 6 heteroatoms. The van der Waals surface area contributed by atoms with Crippen molar-refractivity contribution >= 4 is 5.82 Å². The van der Waals surface area contributed by atoms with Crippen LogP contribution < -0.4 is 0 Å². The van der Waals surface area contributed by atoms with Crippen LogP contribution >= 0.6 is 0 Å². The normalized spacial score (nSPS) is 17.1. The topological polar surface area (TPSA) is 64.2 Å². The summed E-state index contributed by atoms with van der Waals surface area (Å²) in [5, 5.41) is 14.4. The molecule has 1 aliphatic heterocycles. The summed E-state index contributed by atoms with van der Waals surface area (Å²) in [4.78, 5) is 12.4. The van der Waals surface area contributed by atoms with Crippen LogP contribution in [0.15, 0.2) is 6.07 Å². The van der Waals surface area contributed by atoms with Gasteiger partial charge >= 0.3 is 5.82 Å². The van der Waals surface area contributed by atoms with Gasteiger partial charge < -0.3 is 10.1 Å². The summed E-state index contributed by atoms with van der Waals surface area (Å²) in [5.41, 5.74) is 0.906. The highest BCUT2D eigenvalue weighted by atomic mass is 16.6. The SMILES string of the molecule is Cn1nc([N+](=O)[O-])cc1CN1CCCC1. The van der Waals surface area contributed by atoms with E-state index in [0.717, 1.165) is 25.3 Å². The van der Waals surface area contributed by atoms with Gasteiger partial charge in [0, 0.05) is 6.54 Å². The zero-order valence-electron chi connectivity index (χ0n) is 8.72. The zero-order valence-corrected chi connectivity index (χ0v) is 8.72. The van der Waals surface area contributed by atoms with E-state index in [9.17, 15) is 10.1 Å². The molecule has 0 spiro atoms. The second kappa shape index (κ2) is 3.98. The summed E-state index contributed by atoms with van der Waals surface area (Å²) >= 11 is 0. The van der Waals surface area contributed by atoms with Crippen LogP contribution in [-0.2, 0) is 13.6 Å². The van der Waals surface area contributed by atoms with Crippen LogP contribution in [-0.4, -0.2) is 32.7 Å². The van der Waals surface area contributed by atoms with Gasteiger partial charge in [-0.3, -0.25) is 4.90 Å². The first kappa shape index (κ1) is 10.1. The fourth-order valence-electron chi connectivity index (χ4n) is 1.90. The maximum Gasteiger partial charge on any atom is 0.390 e. The van der Waals surface area contributed by atoms with E-state index in [-0.39, 0.29) is 5.82 Å². The molecule has 1 aliphatic rings. The van der Waals surface area contributed by atoms with Gasteiger partial charge in [0.05, 0.1) is 23.9 Å². The summed E-state index contributed by atoms with van der Waals surface area (Å²) in [6.07, 6.45) is 2.44. The van der Waals surface area contributed by atoms with Crippen molar-refractivity contribution < 1.29 is 4.92 Å². The Morgan fingerprint density at radius 1 is 1.53 bits per heavy atom. The van der Waals surface area contributed by atoms with Gasteiger partial charge in [-0.25, -0.2) is 0 Å². The predicted molar refractivity (Wildman–Crippen MR) is 54.4 cm³/mol. The fourth-order valence-corrected chi connectivity index (χ4v) is 1.90. The molecule has 6 nitrogen and oxygen atoms in total. The summed E-state index contributed by atoms with van der Waals surface area (Å²) in [6, 6.07) is 1.55. The number of likely N-dealkylation sites (tertiary alicyclic amines) is 1. The minimum absolute atomic E-state index is 0.0632. The van der Waals surface area contributed by atoms with Crippen molar-refractivity contribution in [2.24, 2.45) is 7.05 Å². The Morgan fingerprint density at radius 2 is 2.20 bits per heavy atom. The Labute approximate surface area is 87.6 Å². The first-order chi connectivity index (χ1) is 7.16. The molecule has 82 valence electrons. The lowest BCUT2D eigenvalue weighted by Crippen LogP contribution is -2.20. The molecule has 1 aromatic heterocycles. The Hall–Kier alpha value is -1.43. The largest absolute Gasteiger partial charge is 0.390 e. The third-order valence-corrected chi connectivity index (χ3v) is 2.74. The van der Waals surface area contributed by atoms with Crippen LogP contribution in [0.1, 0.15) is 18.5 Å². The number of aryl methyl sites for hydroxylation is 1. The number of hydrogen-bond donors (Lipinski definition) is 0. The molecule has 0 unspecified atom stereocenters. The average molecular weight is 210 g/mol. The first-order valence-corrected chi connectivity index (χ1v) is 5.06. The zero-order chi connectivity index (χ0) is 10.8. The monoisotopic (exact) mass is 210 g/mol. The minimum atomic E-state index is -0.451. The Kier molecular flexibility index (Phi) is 2.68. The smallest absolute Gasteiger partial charge is 0.358 e. The van der Waals surface area contributed by atoms with Crippen molar-refractivity contribution in [1.29, 1.82) is 0 Å². The van der Waals surface area contributed by atoms with Gasteiger partial charge in [-0.05, 0) is 30.9 Å². The molecule has 2 rings (SSSR count). The van der Waals surface area contributed by atoms with E-state index in [0.29, 0.717) is 0 Å². The van der Waals surface area contributed by atoms with Gasteiger partial charge in [-0.15, -0.1) is 0 Å². The molecule has 0 aromatic carbocycles. The minimum Gasteiger partial charge on any atom is -0.358 e. The number of hydrogen-bond acceptors (Lipinski definition) is 4. The van der Waals surface area contributed by atoms with Gasteiger partial charge in [0.2, 0.25) is 0 Å². The molecule has 1 fully saturated rings. The highest BCUT2D eigenvalue weighted by Gasteiger charge is 2.19. The van der Waals surface area contributed by atoms with Crippen LogP contribution in [0.4, 0.5) is 5.82 Å². The van der Waals surface area contributed by atoms with Crippen LogP contribution in [0.25, 0.3) is 0 Å². The molecule has 0 bridgehead atoms. The summed E-state index contributed by atoms with van der Waals surface area (Å²) in [6.45, 7) is 2.93. The highest BCUT2D eigenvalue weighted by Crippen LogP contribution is 2.16. The number of aromatic nitrogens is 2. The van der Waals surface area contributed by atoms with Crippen LogP contribution in [0.3, 0.4) is 0 Å². The summed E-state index contributed by atoms with van der Waals surface area (Å²) < 4.78 is 1.59. The molecular weight excluding hydrogens is 196 g/mol. The van der Waals surface area contributed by atoms with E-state index in [1.165, 1.54) is 12.8 Å². The molecule has 2 heterocycles. The van der Waals surface area contributed by atoms with Crippen LogP contribution in [0.2, 0.25) is 0 Å². The molecule has 0 saturated carbocycles. The maximum absolute atomic E-state index is 10.5.